The van der Waals surface area contributed by atoms with Crippen molar-refractivity contribution >= 4 is 21.6 Å². The van der Waals surface area contributed by atoms with Gasteiger partial charge in [0.15, 0.2) is 0 Å². The summed E-state index contributed by atoms with van der Waals surface area (Å²) in [6.45, 7) is 3.94. The lowest BCUT2D eigenvalue weighted by Crippen LogP contribution is -2.41. The Morgan fingerprint density at radius 3 is 2.44 bits per heavy atom. The SMILES string of the molecule is COc1ccc(C)cc1N(CC(=O)NCCC1=CCCCC1)S(=O)(=O)c1ccc(C)cc1. The largest absolute Gasteiger partial charge is 0.495 e. The summed E-state index contributed by atoms with van der Waals surface area (Å²) in [6, 6.07) is 11.9. The molecule has 0 bridgehead atoms. The molecule has 0 heterocycles. The summed E-state index contributed by atoms with van der Waals surface area (Å²) >= 11 is 0. The molecule has 2 aromatic rings. The van der Waals surface area contributed by atoms with Gasteiger partial charge < -0.3 is 10.1 Å². The third-order valence-corrected chi connectivity index (χ3v) is 7.43. The van der Waals surface area contributed by atoms with Gasteiger partial charge in [0, 0.05) is 6.54 Å². The van der Waals surface area contributed by atoms with Crippen LogP contribution in [0.3, 0.4) is 0 Å². The number of methoxy groups -OCH3 is 1. The number of hydrogen-bond donors (Lipinski definition) is 1. The van der Waals surface area contributed by atoms with E-state index in [9.17, 15) is 13.2 Å². The Hall–Kier alpha value is -2.80. The first-order valence-corrected chi connectivity index (χ1v) is 12.4. The van der Waals surface area contributed by atoms with Crippen molar-refractivity contribution in [2.75, 3.05) is 24.5 Å². The van der Waals surface area contributed by atoms with Crippen molar-refractivity contribution in [3.8, 4) is 5.75 Å². The van der Waals surface area contributed by atoms with Gasteiger partial charge in [0.2, 0.25) is 5.91 Å². The second-order valence-corrected chi connectivity index (χ2v) is 10.1. The standard InChI is InChI=1S/C25H32N2O4S/c1-19-9-12-22(13-10-19)32(29,30)27(23-17-20(2)11-14-24(23)31-3)18-25(28)26-16-15-21-7-5-4-6-8-21/h7,9-14,17H,4-6,8,15-16,18H2,1-3H3,(H,26,28). The Bertz CT molecular complexity index is 1080. The summed E-state index contributed by atoms with van der Waals surface area (Å²) in [5.74, 6) is 0.0482. The molecular weight excluding hydrogens is 424 g/mol. The maximum atomic E-state index is 13.6. The molecule has 0 unspecified atom stereocenters. The number of amides is 1. The number of sulfonamides is 1. The molecule has 32 heavy (non-hydrogen) atoms. The normalized spacial score (nSPS) is 13.9. The zero-order valence-electron chi connectivity index (χ0n) is 19.1. The Balaban J connectivity index is 1.85. The molecule has 0 saturated heterocycles. The minimum absolute atomic E-state index is 0.131. The number of ether oxygens (including phenoxy) is 1. The van der Waals surface area contributed by atoms with Crippen LogP contribution in [-0.2, 0) is 14.8 Å². The number of anilines is 1. The first-order chi connectivity index (χ1) is 15.3. The molecule has 172 valence electrons. The Morgan fingerprint density at radius 2 is 1.78 bits per heavy atom. The van der Waals surface area contributed by atoms with Gasteiger partial charge in [0.05, 0.1) is 17.7 Å². The quantitative estimate of drug-likeness (QED) is 0.563. The fraction of sp³-hybridized carbons (Fsp3) is 0.400. The number of rotatable bonds is 9. The van der Waals surface area contributed by atoms with E-state index in [2.05, 4.69) is 11.4 Å². The number of nitrogens with one attached hydrogen (secondary N) is 1. The summed E-state index contributed by atoms with van der Waals surface area (Å²) in [7, 11) is -2.49. The van der Waals surface area contributed by atoms with Crippen LogP contribution in [-0.4, -0.2) is 34.5 Å². The number of aryl methyl sites for hydroxylation is 2. The fourth-order valence-corrected chi connectivity index (χ4v) is 5.24. The summed E-state index contributed by atoms with van der Waals surface area (Å²) in [4.78, 5) is 12.9. The van der Waals surface area contributed by atoms with Crippen molar-refractivity contribution < 1.29 is 17.9 Å². The van der Waals surface area contributed by atoms with Gasteiger partial charge in [-0.1, -0.05) is 35.4 Å². The van der Waals surface area contributed by atoms with Crippen molar-refractivity contribution in [3.05, 3.63) is 65.2 Å². The average Bonchev–Trinajstić information content (AvgIpc) is 2.78. The second-order valence-electron chi connectivity index (χ2n) is 8.21. The molecule has 0 aliphatic heterocycles. The molecule has 2 aromatic carbocycles. The van der Waals surface area contributed by atoms with Crippen LogP contribution in [0, 0.1) is 13.8 Å². The number of allylic oxidation sites excluding steroid dienone is 1. The topological polar surface area (TPSA) is 75.7 Å². The maximum Gasteiger partial charge on any atom is 0.264 e. The van der Waals surface area contributed by atoms with Crippen LogP contribution in [0.15, 0.2) is 59.0 Å². The van der Waals surface area contributed by atoms with E-state index in [4.69, 9.17) is 4.74 Å². The molecule has 0 aromatic heterocycles. The molecule has 1 amide bonds. The van der Waals surface area contributed by atoms with E-state index in [1.165, 1.54) is 25.5 Å². The van der Waals surface area contributed by atoms with E-state index in [1.54, 1.807) is 36.4 Å². The van der Waals surface area contributed by atoms with Crippen molar-refractivity contribution in [2.45, 2.75) is 50.8 Å². The number of nitrogens with zero attached hydrogens (tertiary/aromatic N) is 1. The van der Waals surface area contributed by atoms with E-state index < -0.39 is 10.0 Å². The smallest absolute Gasteiger partial charge is 0.264 e. The lowest BCUT2D eigenvalue weighted by Gasteiger charge is -2.26. The maximum absolute atomic E-state index is 13.6. The zero-order valence-corrected chi connectivity index (χ0v) is 19.9. The highest BCUT2D eigenvalue weighted by molar-refractivity contribution is 7.92. The Morgan fingerprint density at radius 1 is 1.06 bits per heavy atom. The molecule has 0 radical (unpaired) electrons. The van der Waals surface area contributed by atoms with Crippen LogP contribution in [0.2, 0.25) is 0 Å². The van der Waals surface area contributed by atoms with Gasteiger partial charge in [-0.25, -0.2) is 8.42 Å². The molecule has 0 saturated carbocycles. The van der Waals surface area contributed by atoms with E-state index in [-0.39, 0.29) is 17.3 Å². The highest BCUT2D eigenvalue weighted by Crippen LogP contribution is 2.33. The van der Waals surface area contributed by atoms with Crippen LogP contribution < -0.4 is 14.4 Å². The minimum atomic E-state index is -3.98. The van der Waals surface area contributed by atoms with Crippen molar-refractivity contribution in [1.82, 2.24) is 5.32 Å². The number of hydrogen-bond acceptors (Lipinski definition) is 4. The van der Waals surface area contributed by atoms with Crippen LogP contribution in [0.4, 0.5) is 5.69 Å². The second kappa shape index (κ2) is 10.7. The van der Waals surface area contributed by atoms with Crippen molar-refractivity contribution in [1.29, 1.82) is 0 Å². The molecule has 1 aliphatic rings. The van der Waals surface area contributed by atoms with Crippen LogP contribution in [0.5, 0.6) is 5.75 Å². The van der Waals surface area contributed by atoms with Crippen LogP contribution in [0.1, 0.15) is 43.2 Å². The average molecular weight is 457 g/mol. The third-order valence-electron chi connectivity index (χ3n) is 5.65. The number of carbonyl (C=O) groups is 1. The molecule has 0 spiro atoms. The van der Waals surface area contributed by atoms with Gasteiger partial charge in [-0.2, -0.15) is 0 Å². The summed E-state index contributed by atoms with van der Waals surface area (Å²) < 4.78 is 33.7. The van der Waals surface area contributed by atoms with Gasteiger partial charge >= 0.3 is 0 Å². The van der Waals surface area contributed by atoms with Crippen molar-refractivity contribution in [2.24, 2.45) is 0 Å². The van der Waals surface area contributed by atoms with Crippen LogP contribution in [0.25, 0.3) is 0 Å². The third kappa shape index (κ3) is 5.91. The lowest BCUT2D eigenvalue weighted by atomic mass is 9.97. The summed E-state index contributed by atoms with van der Waals surface area (Å²) in [5.41, 5.74) is 3.53. The number of carbonyl (C=O) groups excluding carboxylic acids is 1. The number of benzene rings is 2. The summed E-state index contributed by atoms with van der Waals surface area (Å²) in [6.07, 6.45) is 7.63. The molecule has 3 rings (SSSR count). The molecule has 1 aliphatic carbocycles. The van der Waals surface area contributed by atoms with E-state index in [0.717, 1.165) is 34.7 Å². The van der Waals surface area contributed by atoms with Crippen LogP contribution >= 0.6 is 0 Å². The monoisotopic (exact) mass is 456 g/mol. The molecule has 7 heteroatoms. The summed E-state index contributed by atoms with van der Waals surface area (Å²) in [5, 5.41) is 2.89. The van der Waals surface area contributed by atoms with Gasteiger partial charge in [-0.3, -0.25) is 9.10 Å². The Kier molecular flexibility index (Phi) is 7.96. The predicted octanol–water partition coefficient (Wildman–Crippen LogP) is 4.51. The zero-order chi connectivity index (χ0) is 23.1. The first kappa shape index (κ1) is 23.9. The van der Waals surface area contributed by atoms with Gasteiger partial charge in [-0.15, -0.1) is 0 Å². The van der Waals surface area contributed by atoms with Crippen molar-refractivity contribution in [3.63, 3.8) is 0 Å². The van der Waals surface area contributed by atoms with E-state index in [1.807, 2.05) is 19.9 Å². The highest BCUT2D eigenvalue weighted by Gasteiger charge is 2.29. The lowest BCUT2D eigenvalue weighted by molar-refractivity contribution is -0.119. The van der Waals surface area contributed by atoms with E-state index >= 15 is 0 Å². The highest BCUT2D eigenvalue weighted by atomic mass is 32.2. The molecular formula is C25H32N2O4S. The fourth-order valence-electron chi connectivity index (χ4n) is 3.81. The van der Waals surface area contributed by atoms with Gasteiger partial charge in [0.1, 0.15) is 12.3 Å². The molecule has 0 fully saturated rings. The predicted molar refractivity (Wildman–Crippen MR) is 128 cm³/mol. The first-order valence-electron chi connectivity index (χ1n) is 11.0. The Labute approximate surface area is 191 Å². The van der Waals surface area contributed by atoms with E-state index in [0.29, 0.717) is 18.0 Å². The van der Waals surface area contributed by atoms with Gasteiger partial charge in [0.25, 0.3) is 10.0 Å². The molecule has 0 atom stereocenters. The molecule has 6 nitrogen and oxygen atoms in total. The minimum Gasteiger partial charge on any atom is -0.495 e. The van der Waals surface area contributed by atoms with Gasteiger partial charge in [-0.05, 0) is 75.8 Å². The molecule has 1 N–H and O–H groups in total.